The predicted octanol–water partition coefficient (Wildman–Crippen LogP) is 0.962. The Morgan fingerprint density at radius 1 is 1.18 bits per heavy atom. The molecular weight excluding hydrogens is 220 g/mol. The zero-order chi connectivity index (χ0) is 13.2. The molecule has 1 rings (SSSR count). The lowest BCUT2D eigenvalue weighted by Crippen LogP contribution is -2.42. The van der Waals surface area contributed by atoms with E-state index in [1.807, 2.05) is 26.8 Å². The monoisotopic (exact) mass is 236 g/mol. The summed E-state index contributed by atoms with van der Waals surface area (Å²) in [4.78, 5) is 22.0. The van der Waals surface area contributed by atoms with Crippen molar-refractivity contribution in [3.05, 3.63) is 28.8 Å². The van der Waals surface area contributed by atoms with Crippen molar-refractivity contribution in [2.45, 2.75) is 26.8 Å². The Hall–Kier alpha value is -1.88. The minimum Gasteiger partial charge on any atom is -0.480 e. The van der Waals surface area contributed by atoms with Crippen molar-refractivity contribution in [2.24, 2.45) is 5.73 Å². The summed E-state index contributed by atoms with van der Waals surface area (Å²) in [6.45, 7) is 5.73. The van der Waals surface area contributed by atoms with Gasteiger partial charge in [0, 0.05) is 5.69 Å². The number of carboxylic acids is 1. The van der Waals surface area contributed by atoms with Crippen molar-refractivity contribution in [2.75, 3.05) is 5.32 Å². The number of aryl methyl sites for hydroxylation is 3. The SMILES string of the molecule is Cc1cc(C)c(NC(=O)C(N)C(=O)O)cc1C. The fraction of sp³-hybridized carbons (Fsp3) is 0.333. The lowest BCUT2D eigenvalue weighted by atomic mass is 10.0. The third-order valence-electron chi connectivity index (χ3n) is 2.65. The molecule has 1 aromatic carbocycles. The molecule has 0 saturated heterocycles. The van der Waals surface area contributed by atoms with Gasteiger partial charge in [-0.05, 0) is 43.5 Å². The average molecular weight is 236 g/mol. The molecule has 5 heteroatoms. The van der Waals surface area contributed by atoms with Gasteiger partial charge in [0.05, 0.1) is 0 Å². The molecule has 1 atom stereocenters. The third-order valence-corrected chi connectivity index (χ3v) is 2.65. The minimum atomic E-state index is -1.55. The Morgan fingerprint density at radius 2 is 1.71 bits per heavy atom. The molecule has 1 aromatic rings. The molecule has 1 amide bonds. The van der Waals surface area contributed by atoms with Gasteiger partial charge in [-0.15, -0.1) is 0 Å². The zero-order valence-corrected chi connectivity index (χ0v) is 10.1. The molecule has 17 heavy (non-hydrogen) atoms. The third kappa shape index (κ3) is 3.04. The molecule has 0 spiro atoms. The first-order valence-corrected chi connectivity index (χ1v) is 5.20. The van der Waals surface area contributed by atoms with E-state index in [9.17, 15) is 9.59 Å². The van der Waals surface area contributed by atoms with Crippen molar-refractivity contribution in [1.29, 1.82) is 0 Å². The molecule has 0 aliphatic heterocycles. The van der Waals surface area contributed by atoms with E-state index in [0.29, 0.717) is 5.69 Å². The molecule has 0 radical (unpaired) electrons. The Labute approximate surface area is 99.6 Å². The van der Waals surface area contributed by atoms with Crippen molar-refractivity contribution in [3.63, 3.8) is 0 Å². The summed E-state index contributed by atoms with van der Waals surface area (Å²) in [5.74, 6) is -2.06. The highest BCUT2D eigenvalue weighted by atomic mass is 16.4. The zero-order valence-electron chi connectivity index (χ0n) is 10.1. The van der Waals surface area contributed by atoms with Gasteiger partial charge in [-0.1, -0.05) is 6.07 Å². The normalized spacial score (nSPS) is 12.0. The Morgan fingerprint density at radius 3 is 2.24 bits per heavy atom. The molecule has 0 fully saturated rings. The van der Waals surface area contributed by atoms with Gasteiger partial charge in [0.15, 0.2) is 6.04 Å². The number of nitrogens with two attached hydrogens (primary N) is 1. The average Bonchev–Trinajstić information content (AvgIpc) is 2.24. The fourth-order valence-electron chi connectivity index (χ4n) is 1.42. The van der Waals surface area contributed by atoms with Gasteiger partial charge in [-0.2, -0.15) is 0 Å². The van der Waals surface area contributed by atoms with Crippen molar-refractivity contribution in [3.8, 4) is 0 Å². The molecule has 4 N–H and O–H groups in total. The van der Waals surface area contributed by atoms with Crippen LogP contribution in [0.4, 0.5) is 5.69 Å². The molecule has 0 bridgehead atoms. The number of anilines is 1. The van der Waals surface area contributed by atoms with E-state index < -0.39 is 17.9 Å². The number of benzene rings is 1. The second kappa shape index (κ2) is 4.97. The van der Waals surface area contributed by atoms with Crippen LogP contribution in [0.2, 0.25) is 0 Å². The predicted molar refractivity (Wildman–Crippen MR) is 64.9 cm³/mol. The molecule has 0 heterocycles. The minimum absolute atomic E-state index is 0.592. The standard InChI is InChI=1S/C12H16N2O3/c1-6-4-8(3)9(5-7(6)2)14-11(15)10(13)12(16)17/h4-5,10H,13H2,1-3H3,(H,14,15)(H,16,17). The van der Waals surface area contributed by atoms with E-state index in [2.05, 4.69) is 5.32 Å². The number of aliphatic carboxylic acids is 1. The van der Waals surface area contributed by atoms with E-state index in [0.717, 1.165) is 16.7 Å². The Balaban J connectivity index is 2.93. The Bertz CT molecular complexity index is 469. The topological polar surface area (TPSA) is 92.4 Å². The molecule has 0 aliphatic carbocycles. The Kier molecular flexibility index (Phi) is 3.85. The van der Waals surface area contributed by atoms with E-state index in [4.69, 9.17) is 10.8 Å². The maximum absolute atomic E-state index is 11.5. The molecule has 0 saturated carbocycles. The maximum atomic E-state index is 11.5. The number of hydrogen-bond donors (Lipinski definition) is 3. The van der Waals surface area contributed by atoms with Crippen LogP contribution >= 0.6 is 0 Å². The first-order chi connectivity index (χ1) is 7.82. The maximum Gasteiger partial charge on any atom is 0.330 e. The number of carbonyl (C=O) groups is 2. The van der Waals surface area contributed by atoms with Crippen LogP contribution in [-0.4, -0.2) is 23.0 Å². The van der Waals surface area contributed by atoms with Gasteiger partial charge in [-0.3, -0.25) is 4.79 Å². The number of rotatable bonds is 3. The van der Waals surface area contributed by atoms with Crippen LogP contribution in [0.25, 0.3) is 0 Å². The van der Waals surface area contributed by atoms with Crippen LogP contribution in [0.1, 0.15) is 16.7 Å². The van der Waals surface area contributed by atoms with E-state index >= 15 is 0 Å². The highest BCUT2D eigenvalue weighted by molar-refractivity contribution is 6.07. The highest BCUT2D eigenvalue weighted by Gasteiger charge is 2.21. The number of hydrogen-bond acceptors (Lipinski definition) is 3. The van der Waals surface area contributed by atoms with Crippen molar-refractivity contribution < 1.29 is 14.7 Å². The first-order valence-electron chi connectivity index (χ1n) is 5.20. The molecule has 0 aliphatic rings. The van der Waals surface area contributed by atoms with Gasteiger partial charge >= 0.3 is 5.97 Å². The molecular formula is C12H16N2O3. The summed E-state index contributed by atoms with van der Waals surface area (Å²) in [6.07, 6.45) is 0. The summed E-state index contributed by atoms with van der Waals surface area (Å²) in [5, 5.41) is 11.1. The lowest BCUT2D eigenvalue weighted by molar-refractivity contribution is -0.141. The van der Waals surface area contributed by atoms with Crippen LogP contribution in [-0.2, 0) is 9.59 Å². The molecule has 1 unspecified atom stereocenters. The summed E-state index contributed by atoms with van der Waals surface area (Å²) in [5.41, 5.74) is 8.82. The van der Waals surface area contributed by atoms with Gasteiger partial charge in [0.1, 0.15) is 0 Å². The van der Waals surface area contributed by atoms with Gasteiger partial charge in [0.2, 0.25) is 0 Å². The first kappa shape index (κ1) is 13.2. The fourth-order valence-corrected chi connectivity index (χ4v) is 1.42. The number of amides is 1. The lowest BCUT2D eigenvalue weighted by Gasteiger charge is -2.12. The highest BCUT2D eigenvalue weighted by Crippen LogP contribution is 2.20. The smallest absolute Gasteiger partial charge is 0.330 e. The van der Waals surface area contributed by atoms with Gasteiger partial charge in [0.25, 0.3) is 5.91 Å². The molecule has 92 valence electrons. The van der Waals surface area contributed by atoms with E-state index in [-0.39, 0.29) is 0 Å². The number of carbonyl (C=O) groups excluding carboxylic acids is 1. The van der Waals surface area contributed by atoms with Crippen molar-refractivity contribution >= 4 is 17.6 Å². The van der Waals surface area contributed by atoms with Gasteiger partial charge in [-0.25, -0.2) is 4.79 Å². The van der Waals surface area contributed by atoms with Crippen LogP contribution in [0.15, 0.2) is 12.1 Å². The van der Waals surface area contributed by atoms with E-state index in [1.54, 1.807) is 6.07 Å². The molecule has 5 nitrogen and oxygen atoms in total. The van der Waals surface area contributed by atoms with Crippen LogP contribution in [0, 0.1) is 20.8 Å². The number of carboxylic acid groups (broad SMARTS) is 1. The quantitative estimate of drug-likeness (QED) is 0.681. The summed E-state index contributed by atoms with van der Waals surface area (Å²) in [7, 11) is 0. The van der Waals surface area contributed by atoms with Crippen LogP contribution in [0.5, 0.6) is 0 Å². The largest absolute Gasteiger partial charge is 0.480 e. The number of nitrogens with one attached hydrogen (secondary N) is 1. The molecule has 0 aromatic heterocycles. The second-order valence-corrected chi connectivity index (χ2v) is 4.06. The van der Waals surface area contributed by atoms with Crippen LogP contribution in [0.3, 0.4) is 0 Å². The van der Waals surface area contributed by atoms with Gasteiger partial charge < -0.3 is 16.2 Å². The second-order valence-electron chi connectivity index (χ2n) is 4.06. The van der Waals surface area contributed by atoms with E-state index in [1.165, 1.54) is 0 Å². The summed E-state index contributed by atoms with van der Waals surface area (Å²) >= 11 is 0. The van der Waals surface area contributed by atoms with Crippen molar-refractivity contribution in [1.82, 2.24) is 0 Å². The summed E-state index contributed by atoms with van der Waals surface area (Å²) in [6, 6.07) is 2.19. The summed E-state index contributed by atoms with van der Waals surface area (Å²) < 4.78 is 0. The van der Waals surface area contributed by atoms with Crippen LogP contribution < -0.4 is 11.1 Å².